The highest BCUT2D eigenvalue weighted by Gasteiger charge is 2.12. The Balaban J connectivity index is 2.10. The first-order valence-corrected chi connectivity index (χ1v) is 8.00. The summed E-state index contributed by atoms with van der Waals surface area (Å²) in [4.78, 5) is 16.8. The van der Waals surface area contributed by atoms with E-state index in [9.17, 15) is 4.79 Å². The van der Waals surface area contributed by atoms with Crippen LogP contribution >= 0.6 is 11.8 Å². The molecule has 0 unspecified atom stereocenters. The Hall–Kier alpha value is -2.15. The fraction of sp³-hybridized carbons (Fsp3) is 0.333. The SMILES string of the molecule is CCSc1nnc(Cn2c(=O)c(C)nc3ccc(C)cc32)o1. The van der Waals surface area contributed by atoms with E-state index in [1.807, 2.05) is 32.0 Å². The average molecular weight is 316 g/mol. The van der Waals surface area contributed by atoms with Gasteiger partial charge in [0.05, 0.1) is 11.0 Å². The normalized spacial score (nSPS) is 11.2. The molecule has 7 heteroatoms. The van der Waals surface area contributed by atoms with Crippen LogP contribution in [0, 0.1) is 13.8 Å². The molecule has 0 aliphatic carbocycles. The van der Waals surface area contributed by atoms with Crippen LogP contribution < -0.4 is 5.56 Å². The van der Waals surface area contributed by atoms with Crippen LogP contribution in [0.15, 0.2) is 32.6 Å². The van der Waals surface area contributed by atoms with Crippen molar-refractivity contribution in [2.45, 2.75) is 32.5 Å². The van der Waals surface area contributed by atoms with E-state index in [1.54, 1.807) is 11.5 Å². The summed E-state index contributed by atoms with van der Waals surface area (Å²) in [6.45, 7) is 5.96. The van der Waals surface area contributed by atoms with E-state index >= 15 is 0 Å². The van der Waals surface area contributed by atoms with Crippen LogP contribution in [0.25, 0.3) is 11.0 Å². The van der Waals surface area contributed by atoms with E-state index < -0.39 is 0 Å². The summed E-state index contributed by atoms with van der Waals surface area (Å²) in [5, 5.41) is 8.50. The van der Waals surface area contributed by atoms with Gasteiger partial charge in [0.1, 0.15) is 12.2 Å². The standard InChI is InChI=1S/C15H16N4O2S/c1-4-22-15-18-17-13(21-15)8-19-12-7-9(2)5-6-11(12)16-10(3)14(19)20/h5-7H,4,8H2,1-3H3. The number of hydrogen-bond acceptors (Lipinski definition) is 6. The molecule has 0 fully saturated rings. The monoisotopic (exact) mass is 316 g/mol. The largest absolute Gasteiger partial charge is 0.414 e. The van der Waals surface area contributed by atoms with Gasteiger partial charge in [-0.15, -0.1) is 10.2 Å². The van der Waals surface area contributed by atoms with Crippen LogP contribution in [0.2, 0.25) is 0 Å². The molecule has 0 atom stereocenters. The molecule has 0 spiro atoms. The van der Waals surface area contributed by atoms with E-state index in [1.165, 1.54) is 11.8 Å². The molecular weight excluding hydrogens is 300 g/mol. The van der Waals surface area contributed by atoms with Crippen molar-refractivity contribution < 1.29 is 4.42 Å². The molecule has 0 saturated carbocycles. The van der Waals surface area contributed by atoms with Crippen LogP contribution in [-0.4, -0.2) is 25.5 Å². The minimum atomic E-state index is -0.138. The molecule has 0 amide bonds. The Bertz CT molecular complexity index is 885. The fourth-order valence-corrected chi connectivity index (χ4v) is 2.75. The van der Waals surface area contributed by atoms with Crippen LogP contribution in [0.1, 0.15) is 24.1 Å². The Labute approximate surface area is 131 Å². The van der Waals surface area contributed by atoms with Gasteiger partial charge in [-0.1, -0.05) is 24.8 Å². The Morgan fingerprint density at radius 2 is 2.09 bits per heavy atom. The Morgan fingerprint density at radius 1 is 1.27 bits per heavy atom. The zero-order valence-electron chi connectivity index (χ0n) is 12.7. The molecule has 114 valence electrons. The molecule has 0 aliphatic rings. The molecule has 0 N–H and O–H groups in total. The number of nitrogens with zero attached hydrogens (tertiary/aromatic N) is 4. The lowest BCUT2D eigenvalue weighted by molar-refractivity contribution is 0.404. The van der Waals surface area contributed by atoms with Crippen molar-refractivity contribution in [3.63, 3.8) is 0 Å². The van der Waals surface area contributed by atoms with Crippen LogP contribution in [0.5, 0.6) is 0 Å². The molecule has 22 heavy (non-hydrogen) atoms. The lowest BCUT2D eigenvalue weighted by atomic mass is 10.2. The summed E-state index contributed by atoms with van der Waals surface area (Å²) in [6, 6.07) is 5.84. The maximum atomic E-state index is 12.4. The smallest absolute Gasteiger partial charge is 0.276 e. The number of thioether (sulfide) groups is 1. The third-order valence-electron chi connectivity index (χ3n) is 3.27. The lowest BCUT2D eigenvalue weighted by Gasteiger charge is -2.09. The van der Waals surface area contributed by atoms with Gasteiger partial charge >= 0.3 is 0 Å². The molecular formula is C15H16N4O2S. The van der Waals surface area contributed by atoms with Crippen molar-refractivity contribution in [2.24, 2.45) is 0 Å². The molecule has 1 aromatic carbocycles. The molecule has 2 heterocycles. The van der Waals surface area contributed by atoms with Gasteiger partial charge in [-0.05, 0) is 37.3 Å². The summed E-state index contributed by atoms with van der Waals surface area (Å²) in [7, 11) is 0. The van der Waals surface area contributed by atoms with Crippen molar-refractivity contribution in [2.75, 3.05) is 5.75 Å². The second-order valence-electron chi connectivity index (χ2n) is 4.98. The number of hydrogen-bond donors (Lipinski definition) is 0. The average Bonchev–Trinajstić information content (AvgIpc) is 2.92. The van der Waals surface area contributed by atoms with Gasteiger partial charge in [0.25, 0.3) is 10.8 Å². The molecule has 6 nitrogen and oxygen atoms in total. The first-order chi connectivity index (χ1) is 10.6. The van der Waals surface area contributed by atoms with Crippen LogP contribution in [-0.2, 0) is 6.54 Å². The molecule has 2 aromatic heterocycles. The fourth-order valence-electron chi connectivity index (χ4n) is 2.25. The third-order valence-corrected chi connectivity index (χ3v) is 3.97. The molecule has 0 bridgehead atoms. The van der Waals surface area contributed by atoms with Gasteiger partial charge in [0.2, 0.25) is 5.89 Å². The Morgan fingerprint density at radius 3 is 2.86 bits per heavy atom. The van der Waals surface area contributed by atoms with Crippen molar-refractivity contribution in [1.29, 1.82) is 0 Å². The second kappa shape index (κ2) is 5.92. The minimum Gasteiger partial charge on any atom is -0.414 e. The summed E-state index contributed by atoms with van der Waals surface area (Å²) in [5.74, 6) is 1.28. The second-order valence-corrected chi connectivity index (χ2v) is 6.19. The number of aryl methyl sites for hydroxylation is 2. The predicted octanol–water partition coefficient (Wildman–Crippen LogP) is 2.56. The van der Waals surface area contributed by atoms with Crippen molar-refractivity contribution in [3.8, 4) is 0 Å². The van der Waals surface area contributed by atoms with E-state index in [0.717, 1.165) is 22.3 Å². The van der Waals surface area contributed by atoms with Gasteiger partial charge in [0, 0.05) is 0 Å². The Kier molecular flexibility index (Phi) is 3.98. The van der Waals surface area contributed by atoms with Crippen molar-refractivity contribution >= 4 is 22.8 Å². The summed E-state index contributed by atoms with van der Waals surface area (Å²) >= 11 is 1.48. The van der Waals surface area contributed by atoms with E-state index in [0.29, 0.717) is 16.8 Å². The first kappa shape index (κ1) is 14.8. The number of aromatic nitrogens is 4. The molecule has 0 aliphatic heterocycles. The summed E-state index contributed by atoms with van der Waals surface area (Å²) in [5.41, 5.74) is 2.95. The highest BCUT2D eigenvalue weighted by atomic mass is 32.2. The van der Waals surface area contributed by atoms with Crippen molar-refractivity contribution in [3.05, 3.63) is 45.7 Å². The minimum absolute atomic E-state index is 0.138. The lowest BCUT2D eigenvalue weighted by Crippen LogP contribution is -2.24. The maximum Gasteiger partial charge on any atom is 0.276 e. The van der Waals surface area contributed by atoms with E-state index in [4.69, 9.17) is 4.42 Å². The quantitative estimate of drug-likeness (QED) is 0.689. The van der Waals surface area contributed by atoms with E-state index in [2.05, 4.69) is 15.2 Å². The van der Waals surface area contributed by atoms with Gasteiger partial charge in [-0.2, -0.15) is 0 Å². The molecule has 0 radical (unpaired) electrons. The van der Waals surface area contributed by atoms with Crippen LogP contribution in [0.4, 0.5) is 0 Å². The van der Waals surface area contributed by atoms with Gasteiger partial charge in [-0.25, -0.2) is 4.98 Å². The topological polar surface area (TPSA) is 73.8 Å². The molecule has 0 saturated heterocycles. The maximum absolute atomic E-state index is 12.4. The predicted molar refractivity (Wildman–Crippen MR) is 85.3 cm³/mol. The molecule has 3 rings (SSSR count). The van der Waals surface area contributed by atoms with Gasteiger partial charge in [0.15, 0.2) is 0 Å². The zero-order chi connectivity index (χ0) is 15.7. The van der Waals surface area contributed by atoms with Crippen LogP contribution in [0.3, 0.4) is 0 Å². The summed E-state index contributed by atoms with van der Waals surface area (Å²) < 4.78 is 7.20. The first-order valence-electron chi connectivity index (χ1n) is 7.01. The summed E-state index contributed by atoms with van der Waals surface area (Å²) in [6.07, 6.45) is 0. The number of rotatable bonds is 4. The van der Waals surface area contributed by atoms with Crippen molar-refractivity contribution in [1.82, 2.24) is 19.7 Å². The van der Waals surface area contributed by atoms with Gasteiger partial charge < -0.3 is 4.42 Å². The number of benzene rings is 1. The third kappa shape index (κ3) is 2.76. The van der Waals surface area contributed by atoms with E-state index in [-0.39, 0.29) is 12.1 Å². The molecule has 3 aromatic rings. The van der Waals surface area contributed by atoms with Gasteiger partial charge in [-0.3, -0.25) is 9.36 Å². The number of fused-ring (bicyclic) bond motifs is 1. The highest BCUT2D eigenvalue weighted by Crippen LogP contribution is 2.17. The highest BCUT2D eigenvalue weighted by molar-refractivity contribution is 7.99. The zero-order valence-corrected chi connectivity index (χ0v) is 13.5.